The van der Waals surface area contributed by atoms with Crippen LogP contribution >= 0.6 is 0 Å². The minimum atomic E-state index is 0.639. The van der Waals surface area contributed by atoms with E-state index in [1.807, 2.05) is 13.8 Å². The van der Waals surface area contributed by atoms with Crippen molar-refractivity contribution in [2.45, 2.75) is 20.3 Å². The number of rotatable bonds is 3. The Balaban J connectivity index is 2.55. The first-order valence-corrected chi connectivity index (χ1v) is 4.78. The van der Waals surface area contributed by atoms with Crippen LogP contribution in [0.4, 0.5) is 0 Å². The molecule has 1 heterocycles. The average molecular weight is 182 g/mol. The zero-order chi connectivity index (χ0) is 9.68. The van der Waals surface area contributed by atoms with Crippen LogP contribution in [-0.2, 0) is 4.84 Å². The molecular weight excluding hydrogens is 164 g/mol. The minimum absolute atomic E-state index is 0.639. The highest BCUT2D eigenvalue weighted by atomic mass is 16.6. The zero-order valence-electron chi connectivity index (χ0n) is 8.71. The molecule has 0 aromatic heterocycles. The lowest BCUT2D eigenvalue weighted by atomic mass is 10.1. The second-order valence-electron chi connectivity index (χ2n) is 3.35. The molecule has 13 heavy (non-hydrogen) atoms. The number of hydrogen-bond donors (Lipinski definition) is 0. The summed E-state index contributed by atoms with van der Waals surface area (Å²) in [6.45, 7) is 6.72. The van der Waals surface area contributed by atoms with E-state index in [4.69, 9.17) is 4.84 Å². The highest BCUT2D eigenvalue weighted by Crippen LogP contribution is 2.09. The third kappa shape index (κ3) is 3.19. The van der Waals surface area contributed by atoms with Gasteiger partial charge in [-0.05, 0) is 32.9 Å². The third-order valence-electron chi connectivity index (χ3n) is 2.14. The quantitative estimate of drug-likeness (QED) is 0.490. The Morgan fingerprint density at radius 3 is 3.08 bits per heavy atom. The van der Waals surface area contributed by atoms with Gasteiger partial charge in [-0.2, -0.15) is 0 Å². The molecule has 0 saturated heterocycles. The maximum Gasteiger partial charge on any atom is 0.114 e. The standard InChI is InChI=1S/C10H18N2O/c1-4-13-11-9(2)10-6-5-7-12(3)8-10/h6H,4-5,7-8H2,1-3H3. The molecule has 3 heteroatoms. The monoisotopic (exact) mass is 182 g/mol. The molecule has 0 saturated carbocycles. The van der Waals surface area contributed by atoms with Crippen molar-refractivity contribution in [1.29, 1.82) is 0 Å². The Hall–Kier alpha value is -0.830. The Morgan fingerprint density at radius 1 is 1.69 bits per heavy atom. The molecule has 1 aliphatic heterocycles. The average Bonchev–Trinajstić information content (AvgIpc) is 2.14. The van der Waals surface area contributed by atoms with E-state index < -0.39 is 0 Å². The summed E-state index contributed by atoms with van der Waals surface area (Å²) in [5.41, 5.74) is 2.30. The summed E-state index contributed by atoms with van der Waals surface area (Å²) in [7, 11) is 2.13. The number of likely N-dealkylation sites (N-methyl/N-ethyl adjacent to an activating group) is 1. The fourth-order valence-electron chi connectivity index (χ4n) is 1.38. The predicted octanol–water partition coefficient (Wildman–Crippen LogP) is 1.66. The molecule has 1 aliphatic rings. The van der Waals surface area contributed by atoms with E-state index in [2.05, 4.69) is 23.2 Å². The molecule has 0 radical (unpaired) electrons. The van der Waals surface area contributed by atoms with Crippen molar-refractivity contribution in [3.05, 3.63) is 11.6 Å². The van der Waals surface area contributed by atoms with E-state index in [9.17, 15) is 0 Å². The minimum Gasteiger partial charge on any atom is -0.396 e. The summed E-state index contributed by atoms with van der Waals surface area (Å²) >= 11 is 0. The largest absolute Gasteiger partial charge is 0.396 e. The molecule has 0 aromatic carbocycles. The van der Waals surface area contributed by atoms with E-state index in [1.165, 1.54) is 5.57 Å². The van der Waals surface area contributed by atoms with Crippen molar-refractivity contribution in [3.63, 3.8) is 0 Å². The van der Waals surface area contributed by atoms with E-state index in [0.29, 0.717) is 6.61 Å². The molecule has 0 amide bonds. The molecule has 0 bridgehead atoms. The summed E-state index contributed by atoms with van der Waals surface area (Å²) in [6.07, 6.45) is 3.36. The lowest BCUT2D eigenvalue weighted by Crippen LogP contribution is -2.27. The molecule has 0 aromatic rings. The van der Waals surface area contributed by atoms with Gasteiger partial charge in [0, 0.05) is 13.1 Å². The maximum atomic E-state index is 5.01. The van der Waals surface area contributed by atoms with Gasteiger partial charge in [-0.1, -0.05) is 11.2 Å². The lowest BCUT2D eigenvalue weighted by Gasteiger charge is -2.22. The Bertz CT molecular complexity index is 221. The first-order chi connectivity index (χ1) is 6.24. The SMILES string of the molecule is CCON=C(C)C1=CCCN(C)C1. The van der Waals surface area contributed by atoms with E-state index >= 15 is 0 Å². The number of oxime groups is 1. The van der Waals surface area contributed by atoms with Gasteiger partial charge >= 0.3 is 0 Å². The third-order valence-corrected chi connectivity index (χ3v) is 2.14. The Kier molecular flexibility index (Phi) is 3.96. The van der Waals surface area contributed by atoms with Crippen LogP contribution in [0.25, 0.3) is 0 Å². The van der Waals surface area contributed by atoms with E-state index in [1.54, 1.807) is 0 Å². The fraction of sp³-hybridized carbons (Fsp3) is 0.700. The van der Waals surface area contributed by atoms with Gasteiger partial charge in [-0.3, -0.25) is 0 Å². The molecule has 0 aliphatic carbocycles. The Labute approximate surface area is 80.1 Å². The van der Waals surface area contributed by atoms with Crippen LogP contribution in [0.3, 0.4) is 0 Å². The normalized spacial score (nSPS) is 19.9. The second kappa shape index (κ2) is 5.02. The van der Waals surface area contributed by atoms with Crippen LogP contribution in [0, 0.1) is 0 Å². The van der Waals surface area contributed by atoms with Crippen LogP contribution in [0.5, 0.6) is 0 Å². The molecule has 0 N–H and O–H groups in total. The van der Waals surface area contributed by atoms with Gasteiger partial charge in [0.25, 0.3) is 0 Å². The van der Waals surface area contributed by atoms with Gasteiger partial charge in [0.15, 0.2) is 0 Å². The van der Waals surface area contributed by atoms with Crippen LogP contribution in [-0.4, -0.2) is 37.4 Å². The number of nitrogens with zero attached hydrogens (tertiary/aromatic N) is 2. The molecular formula is C10H18N2O. The van der Waals surface area contributed by atoms with Gasteiger partial charge in [-0.25, -0.2) is 0 Å². The van der Waals surface area contributed by atoms with Crippen LogP contribution in [0.15, 0.2) is 16.8 Å². The smallest absolute Gasteiger partial charge is 0.114 e. The number of hydrogen-bond acceptors (Lipinski definition) is 3. The summed E-state index contributed by atoms with van der Waals surface area (Å²) in [6, 6.07) is 0. The van der Waals surface area contributed by atoms with Crippen molar-refractivity contribution in [2.24, 2.45) is 5.16 Å². The fourth-order valence-corrected chi connectivity index (χ4v) is 1.38. The molecule has 0 spiro atoms. The summed E-state index contributed by atoms with van der Waals surface area (Å²) < 4.78 is 0. The summed E-state index contributed by atoms with van der Waals surface area (Å²) in [5.74, 6) is 0. The van der Waals surface area contributed by atoms with Gasteiger partial charge < -0.3 is 9.74 Å². The highest BCUT2D eigenvalue weighted by molar-refractivity contribution is 5.98. The van der Waals surface area contributed by atoms with Crippen LogP contribution < -0.4 is 0 Å². The molecule has 0 atom stereocenters. The molecule has 74 valence electrons. The van der Waals surface area contributed by atoms with Crippen molar-refractivity contribution in [2.75, 3.05) is 26.7 Å². The summed E-state index contributed by atoms with van der Waals surface area (Å²) in [4.78, 5) is 7.30. The molecule has 0 unspecified atom stereocenters. The lowest BCUT2D eigenvalue weighted by molar-refractivity contribution is 0.158. The van der Waals surface area contributed by atoms with E-state index in [0.717, 1.165) is 25.2 Å². The Morgan fingerprint density at radius 2 is 2.46 bits per heavy atom. The maximum absolute atomic E-state index is 5.01. The van der Waals surface area contributed by atoms with Crippen molar-refractivity contribution in [3.8, 4) is 0 Å². The molecule has 3 nitrogen and oxygen atoms in total. The first kappa shape index (κ1) is 10.3. The van der Waals surface area contributed by atoms with Crippen LogP contribution in [0.2, 0.25) is 0 Å². The van der Waals surface area contributed by atoms with Crippen LogP contribution in [0.1, 0.15) is 20.3 Å². The van der Waals surface area contributed by atoms with Gasteiger partial charge in [0.2, 0.25) is 0 Å². The second-order valence-corrected chi connectivity index (χ2v) is 3.35. The van der Waals surface area contributed by atoms with Gasteiger partial charge in [0.1, 0.15) is 6.61 Å². The van der Waals surface area contributed by atoms with Crippen molar-refractivity contribution in [1.82, 2.24) is 4.90 Å². The van der Waals surface area contributed by atoms with Gasteiger partial charge in [0.05, 0.1) is 5.71 Å². The summed E-state index contributed by atoms with van der Waals surface area (Å²) in [5, 5.41) is 4.02. The topological polar surface area (TPSA) is 24.8 Å². The molecule has 0 fully saturated rings. The van der Waals surface area contributed by atoms with Gasteiger partial charge in [-0.15, -0.1) is 0 Å². The first-order valence-electron chi connectivity index (χ1n) is 4.78. The highest BCUT2D eigenvalue weighted by Gasteiger charge is 2.10. The van der Waals surface area contributed by atoms with E-state index in [-0.39, 0.29) is 0 Å². The molecule has 1 rings (SSSR count). The van der Waals surface area contributed by atoms with Crippen molar-refractivity contribution >= 4 is 5.71 Å². The van der Waals surface area contributed by atoms with Crippen molar-refractivity contribution < 1.29 is 4.84 Å². The zero-order valence-corrected chi connectivity index (χ0v) is 8.71. The predicted molar refractivity (Wildman–Crippen MR) is 54.9 cm³/mol.